The smallest absolute Gasteiger partial charge is 0.409 e. The Balaban J connectivity index is 1.92. The SMILES string of the molecule is CCOC(=O)N1CCC(N2CCC[C@H]2C(N)=O)C1. The van der Waals surface area contributed by atoms with E-state index in [2.05, 4.69) is 4.90 Å². The number of nitrogens with zero attached hydrogens (tertiary/aromatic N) is 2. The number of hydrogen-bond donors (Lipinski definition) is 1. The van der Waals surface area contributed by atoms with E-state index in [4.69, 9.17) is 10.5 Å². The van der Waals surface area contributed by atoms with Crippen LogP contribution in [-0.2, 0) is 9.53 Å². The molecule has 0 bridgehead atoms. The van der Waals surface area contributed by atoms with Crippen molar-refractivity contribution in [3.8, 4) is 0 Å². The number of amides is 2. The van der Waals surface area contributed by atoms with Gasteiger partial charge in [0.1, 0.15) is 0 Å². The molecule has 2 amide bonds. The van der Waals surface area contributed by atoms with Gasteiger partial charge in [-0.15, -0.1) is 0 Å². The minimum Gasteiger partial charge on any atom is -0.450 e. The highest BCUT2D eigenvalue weighted by molar-refractivity contribution is 5.80. The van der Waals surface area contributed by atoms with Gasteiger partial charge in [0.15, 0.2) is 0 Å². The Bertz CT molecular complexity index is 335. The van der Waals surface area contributed by atoms with Gasteiger partial charge in [-0.05, 0) is 32.7 Å². The van der Waals surface area contributed by atoms with Gasteiger partial charge in [-0.25, -0.2) is 4.79 Å². The lowest BCUT2D eigenvalue weighted by molar-refractivity contribution is -0.122. The molecule has 2 aliphatic rings. The van der Waals surface area contributed by atoms with Gasteiger partial charge in [0.25, 0.3) is 0 Å². The van der Waals surface area contributed by atoms with Gasteiger partial charge in [0.2, 0.25) is 5.91 Å². The molecule has 0 aromatic heterocycles. The van der Waals surface area contributed by atoms with Crippen molar-refractivity contribution in [1.29, 1.82) is 0 Å². The third-order valence-corrected chi connectivity index (χ3v) is 3.78. The Kier molecular flexibility index (Phi) is 4.06. The Morgan fingerprint density at radius 2 is 2.11 bits per heavy atom. The van der Waals surface area contributed by atoms with Crippen LogP contribution in [0.25, 0.3) is 0 Å². The molecule has 0 aromatic carbocycles. The van der Waals surface area contributed by atoms with Crippen molar-refractivity contribution in [3.05, 3.63) is 0 Å². The average molecular weight is 255 g/mol. The predicted molar refractivity (Wildman–Crippen MR) is 65.9 cm³/mol. The van der Waals surface area contributed by atoms with Crippen LogP contribution in [0.5, 0.6) is 0 Å². The maximum atomic E-state index is 11.6. The molecule has 0 spiro atoms. The van der Waals surface area contributed by atoms with E-state index in [9.17, 15) is 9.59 Å². The fraction of sp³-hybridized carbons (Fsp3) is 0.833. The second-order valence-corrected chi connectivity index (χ2v) is 4.89. The Morgan fingerprint density at radius 3 is 2.78 bits per heavy atom. The van der Waals surface area contributed by atoms with E-state index in [1.165, 1.54) is 0 Å². The fourth-order valence-electron chi connectivity index (χ4n) is 2.92. The number of likely N-dealkylation sites (tertiary alicyclic amines) is 2. The molecule has 0 aromatic rings. The zero-order valence-corrected chi connectivity index (χ0v) is 10.8. The van der Waals surface area contributed by atoms with E-state index < -0.39 is 0 Å². The quantitative estimate of drug-likeness (QED) is 0.780. The Morgan fingerprint density at radius 1 is 1.33 bits per heavy atom. The monoisotopic (exact) mass is 255 g/mol. The molecule has 0 radical (unpaired) electrons. The van der Waals surface area contributed by atoms with Crippen LogP contribution in [0.3, 0.4) is 0 Å². The minimum atomic E-state index is -0.255. The first kappa shape index (κ1) is 13.1. The molecule has 0 aliphatic carbocycles. The Hall–Kier alpha value is -1.30. The van der Waals surface area contributed by atoms with Gasteiger partial charge >= 0.3 is 6.09 Å². The van der Waals surface area contributed by atoms with Gasteiger partial charge in [-0.3, -0.25) is 9.69 Å². The van der Waals surface area contributed by atoms with Crippen LogP contribution in [-0.4, -0.2) is 60.1 Å². The van der Waals surface area contributed by atoms with E-state index in [1.54, 1.807) is 11.8 Å². The summed E-state index contributed by atoms with van der Waals surface area (Å²) in [6.45, 7) is 4.44. The average Bonchev–Trinajstić information content (AvgIpc) is 2.98. The Labute approximate surface area is 107 Å². The molecule has 2 N–H and O–H groups in total. The highest BCUT2D eigenvalue weighted by atomic mass is 16.6. The van der Waals surface area contributed by atoms with Crippen LogP contribution in [0.2, 0.25) is 0 Å². The van der Waals surface area contributed by atoms with Gasteiger partial charge in [0.05, 0.1) is 12.6 Å². The van der Waals surface area contributed by atoms with Crippen LogP contribution in [0, 0.1) is 0 Å². The number of nitrogens with two attached hydrogens (primary N) is 1. The minimum absolute atomic E-state index is 0.155. The third kappa shape index (κ3) is 2.58. The van der Waals surface area contributed by atoms with E-state index in [0.717, 1.165) is 25.8 Å². The van der Waals surface area contributed by atoms with Crippen molar-refractivity contribution in [1.82, 2.24) is 9.80 Å². The second kappa shape index (κ2) is 5.56. The van der Waals surface area contributed by atoms with Gasteiger partial charge < -0.3 is 15.4 Å². The summed E-state index contributed by atoms with van der Waals surface area (Å²) in [5.74, 6) is -0.248. The topological polar surface area (TPSA) is 75.9 Å². The summed E-state index contributed by atoms with van der Waals surface area (Å²) in [5, 5.41) is 0. The van der Waals surface area contributed by atoms with Crippen LogP contribution in [0.4, 0.5) is 4.79 Å². The van der Waals surface area contributed by atoms with Gasteiger partial charge in [-0.1, -0.05) is 0 Å². The standard InChI is InChI=1S/C12H21N3O3/c1-2-18-12(17)14-7-5-9(8-14)15-6-3-4-10(15)11(13)16/h9-10H,2-8H2,1H3,(H2,13,16)/t9?,10-/m0/s1. The lowest BCUT2D eigenvalue weighted by Crippen LogP contribution is -2.47. The number of hydrogen-bond acceptors (Lipinski definition) is 4. The van der Waals surface area contributed by atoms with Gasteiger partial charge in [0, 0.05) is 19.1 Å². The molecule has 2 fully saturated rings. The van der Waals surface area contributed by atoms with Crippen molar-refractivity contribution in [3.63, 3.8) is 0 Å². The third-order valence-electron chi connectivity index (χ3n) is 3.78. The maximum absolute atomic E-state index is 11.6. The molecule has 2 atom stereocenters. The van der Waals surface area contributed by atoms with E-state index in [0.29, 0.717) is 19.7 Å². The fourth-order valence-corrected chi connectivity index (χ4v) is 2.92. The zero-order valence-electron chi connectivity index (χ0n) is 10.8. The van der Waals surface area contributed by atoms with E-state index in [1.807, 2.05) is 0 Å². The number of carbonyl (C=O) groups is 2. The largest absolute Gasteiger partial charge is 0.450 e. The molecule has 2 aliphatic heterocycles. The zero-order chi connectivity index (χ0) is 13.1. The molecule has 102 valence electrons. The van der Waals surface area contributed by atoms with E-state index in [-0.39, 0.29) is 24.1 Å². The first-order valence-corrected chi connectivity index (χ1v) is 6.60. The summed E-state index contributed by atoms with van der Waals surface area (Å²) >= 11 is 0. The van der Waals surface area contributed by atoms with Crippen molar-refractivity contribution < 1.29 is 14.3 Å². The normalized spacial score (nSPS) is 28.6. The number of carbonyl (C=O) groups excluding carboxylic acids is 2. The number of primary amides is 1. The lowest BCUT2D eigenvalue weighted by Gasteiger charge is -2.28. The summed E-state index contributed by atoms with van der Waals surface area (Å²) < 4.78 is 4.99. The summed E-state index contributed by atoms with van der Waals surface area (Å²) in [6, 6.07) is 0.0894. The van der Waals surface area contributed by atoms with Crippen LogP contribution in [0.15, 0.2) is 0 Å². The number of rotatable bonds is 3. The van der Waals surface area contributed by atoms with E-state index >= 15 is 0 Å². The first-order chi connectivity index (χ1) is 8.63. The molecule has 1 unspecified atom stereocenters. The first-order valence-electron chi connectivity index (χ1n) is 6.60. The van der Waals surface area contributed by atoms with Crippen molar-refractivity contribution in [2.75, 3.05) is 26.2 Å². The van der Waals surface area contributed by atoms with Crippen LogP contribution in [0.1, 0.15) is 26.2 Å². The second-order valence-electron chi connectivity index (χ2n) is 4.89. The summed E-state index contributed by atoms with van der Waals surface area (Å²) in [5.41, 5.74) is 5.41. The van der Waals surface area contributed by atoms with Crippen molar-refractivity contribution in [2.24, 2.45) is 5.73 Å². The molecule has 18 heavy (non-hydrogen) atoms. The summed E-state index contributed by atoms with van der Waals surface area (Å²) in [6.07, 6.45) is 2.48. The van der Waals surface area contributed by atoms with Crippen molar-refractivity contribution >= 4 is 12.0 Å². The van der Waals surface area contributed by atoms with Crippen molar-refractivity contribution in [2.45, 2.75) is 38.3 Å². The maximum Gasteiger partial charge on any atom is 0.409 e. The summed E-state index contributed by atoms with van der Waals surface area (Å²) in [4.78, 5) is 26.8. The molecule has 2 heterocycles. The molecule has 2 saturated heterocycles. The number of ether oxygens (including phenoxy) is 1. The molecular weight excluding hydrogens is 234 g/mol. The van der Waals surface area contributed by atoms with Gasteiger partial charge in [-0.2, -0.15) is 0 Å². The lowest BCUT2D eigenvalue weighted by atomic mass is 10.1. The molecule has 2 rings (SSSR count). The highest BCUT2D eigenvalue weighted by Gasteiger charge is 2.38. The van der Waals surface area contributed by atoms with Crippen LogP contribution < -0.4 is 5.73 Å². The predicted octanol–water partition coefficient (Wildman–Crippen LogP) is 0.167. The molecule has 6 nitrogen and oxygen atoms in total. The molecule has 6 heteroatoms. The molecular formula is C12H21N3O3. The van der Waals surface area contributed by atoms with Crippen LogP contribution >= 0.6 is 0 Å². The highest BCUT2D eigenvalue weighted by Crippen LogP contribution is 2.25. The molecule has 0 saturated carbocycles. The summed E-state index contributed by atoms with van der Waals surface area (Å²) in [7, 11) is 0.